The van der Waals surface area contributed by atoms with Crippen LogP contribution in [0.4, 0.5) is 5.69 Å². The second-order valence-corrected chi connectivity index (χ2v) is 8.18. The van der Waals surface area contributed by atoms with Gasteiger partial charge in [0.2, 0.25) is 20.0 Å². The number of hydrogen-bond donors (Lipinski definition) is 2. The normalized spacial score (nSPS) is 11.4. The summed E-state index contributed by atoms with van der Waals surface area (Å²) in [6.07, 6.45) is 3.04. The predicted octanol–water partition coefficient (Wildman–Crippen LogP) is 0.901. The van der Waals surface area contributed by atoms with Gasteiger partial charge in [0.25, 0.3) is 0 Å². The highest BCUT2D eigenvalue weighted by Crippen LogP contribution is 2.14. The molecule has 0 aliphatic heterocycles. The number of nitrogens with one attached hydrogen (secondary N) is 1. The Morgan fingerprint density at radius 1 is 1.21 bits per heavy atom. The highest BCUT2D eigenvalue weighted by Gasteiger charge is 2.06. The van der Waals surface area contributed by atoms with Crippen molar-refractivity contribution in [2.75, 3.05) is 16.2 Å². The van der Waals surface area contributed by atoms with Gasteiger partial charge in [-0.1, -0.05) is 0 Å². The first kappa shape index (κ1) is 18.3. The molecule has 0 unspecified atom stereocenters. The van der Waals surface area contributed by atoms with E-state index in [1.807, 2.05) is 0 Å². The number of pyridine rings is 1. The smallest absolute Gasteiger partial charge is 0.232 e. The van der Waals surface area contributed by atoms with Crippen molar-refractivity contribution >= 4 is 41.7 Å². The lowest BCUT2D eigenvalue weighted by molar-refractivity contribution is 0.598. The van der Waals surface area contributed by atoms with Crippen LogP contribution in [0.15, 0.2) is 22.9 Å². The molecule has 0 saturated carbocycles. The monoisotopic (exact) mass is 373 g/mol. The Morgan fingerprint density at radius 3 is 2.11 bits per heavy atom. The minimum absolute atomic E-state index is 0.0208. The lowest BCUT2D eigenvalue weighted by Crippen LogP contribution is -2.14. The van der Waals surface area contributed by atoms with Crippen molar-refractivity contribution in [1.29, 1.82) is 0 Å². The molecule has 1 rings (SSSR count). The molecule has 0 bridgehead atoms. The topological polar surface area (TPSA) is 119 Å². The van der Waals surface area contributed by atoms with Gasteiger partial charge in [-0.15, -0.1) is 0 Å². The van der Waals surface area contributed by atoms with Gasteiger partial charge in [-0.05, 0) is 35.8 Å². The lowest BCUT2D eigenvalue weighted by atomic mass is 10.4. The second-order valence-electron chi connectivity index (χ2n) is 3.35. The number of hydrogen-bond acceptors (Lipinski definition) is 5. The van der Waals surface area contributed by atoms with Crippen molar-refractivity contribution in [2.24, 2.45) is 5.14 Å². The highest BCUT2D eigenvalue weighted by molar-refractivity contribution is 9.10. The predicted molar refractivity (Wildman–Crippen MR) is 78.7 cm³/mol. The summed E-state index contributed by atoms with van der Waals surface area (Å²) in [5.41, 5.74) is 0.469. The average Bonchev–Trinajstić information content (AvgIpc) is 2.28. The third kappa shape index (κ3) is 9.82. The number of rotatable bonds is 4. The molecule has 10 heteroatoms. The van der Waals surface area contributed by atoms with Crippen LogP contribution < -0.4 is 9.86 Å². The molecular weight excluding hydrogens is 358 g/mol. The molecule has 110 valence electrons. The third-order valence-electron chi connectivity index (χ3n) is 1.76. The number of halogens is 1. The Kier molecular flexibility index (Phi) is 7.49. The summed E-state index contributed by atoms with van der Waals surface area (Å²) < 4.78 is 44.9. The van der Waals surface area contributed by atoms with Crippen LogP contribution in [0.5, 0.6) is 0 Å². The quantitative estimate of drug-likeness (QED) is 0.812. The first-order valence-corrected chi connectivity index (χ1v) is 9.37. The van der Waals surface area contributed by atoms with Gasteiger partial charge in [0, 0.05) is 10.7 Å². The van der Waals surface area contributed by atoms with Gasteiger partial charge in [-0.3, -0.25) is 9.71 Å². The van der Waals surface area contributed by atoms with Crippen molar-refractivity contribution < 1.29 is 16.8 Å². The summed E-state index contributed by atoms with van der Waals surface area (Å²) in [4.78, 5) is 3.83. The van der Waals surface area contributed by atoms with Crippen LogP contribution in [0.3, 0.4) is 0 Å². The van der Waals surface area contributed by atoms with Crippen molar-refractivity contribution in [1.82, 2.24) is 4.98 Å². The van der Waals surface area contributed by atoms with Crippen LogP contribution in [0.25, 0.3) is 0 Å². The second kappa shape index (κ2) is 7.78. The number of aromatic nitrogens is 1. The van der Waals surface area contributed by atoms with Crippen LogP contribution in [-0.4, -0.2) is 33.3 Å². The summed E-state index contributed by atoms with van der Waals surface area (Å²) >= 11 is 3.19. The average molecular weight is 374 g/mol. The van der Waals surface area contributed by atoms with Gasteiger partial charge in [-0.25, -0.2) is 22.0 Å². The molecule has 0 spiro atoms. The Bertz CT molecular complexity index is 602. The molecule has 1 aromatic heterocycles. The minimum Gasteiger partial charge on any atom is -0.282 e. The fourth-order valence-electron chi connectivity index (χ4n) is 0.719. The van der Waals surface area contributed by atoms with E-state index in [-0.39, 0.29) is 11.5 Å². The van der Waals surface area contributed by atoms with Crippen molar-refractivity contribution in [2.45, 2.75) is 13.8 Å². The maximum atomic E-state index is 11.1. The molecule has 1 aromatic rings. The molecule has 7 nitrogen and oxygen atoms in total. The number of primary sulfonamides is 1. The molecule has 0 saturated heterocycles. The molecule has 0 aliphatic carbocycles. The van der Waals surface area contributed by atoms with Crippen LogP contribution in [0, 0.1) is 0 Å². The first-order chi connectivity index (χ1) is 8.59. The van der Waals surface area contributed by atoms with Crippen LogP contribution in [0.1, 0.15) is 13.8 Å². The number of anilines is 1. The molecular formula is C9H16BrN3O4S2. The number of nitrogens with zero attached hydrogens (tertiary/aromatic N) is 1. The highest BCUT2D eigenvalue weighted by atomic mass is 79.9. The van der Waals surface area contributed by atoms with E-state index in [9.17, 15) is 16.8 Å². The van der Waals surface area contributed by atoms with Crippen molar-refractivity contribution in [3.63, 3.8) is 0 Å². The van der Waals surface area contributed by atoms with Crippen molar-refractivity contribution in [3.05, 3.63) is 22.9 Å². The number of sulfonamides is 2. The van der Waals surface area contributed by atoms with Gasteiger partial charge in [0.1, 0.15) is 0 Å². The maximum absolute atomic E-state index is 11.1. The van der Waals surface area contributed by atoms with E-state index in [2.05, 4.69) is 30.8 Å². The Hall–Kier alpha value is -0.710. The molecule has 0 amide bonds. The van der Waals surface area contributed by atoms with E-state index in [0.29, 0.717) is 5.69 Å². The van der Waals surface area contributed by atoms with E-state index in [0.717, 1.165) is 4.47 Å². The largest absolute Gasteiger partial charge is 0.282 e. The summed E-state index contributed by atoms with van der Waals surface area (Å²) in [6, 6.07) is 1.65. The zero-order valence-corrected chi connectivity index (χ0v) is 13.7. The summed E-state index contributed by atoms with van der Waals surface area (Å²) in [7, 11) is -6.36. The first-order valence-electron chi connectivity index (χ1n) is 5.21. The van der Waals surface area contributed by atoms with Gasteiger partial charge in [-0.2, -0.15) is 0 Å². The number of nitrogens with two attached hydrogens (primary N) is 1. The maximum Gasteiger partial charge on any atom is 0.232 e. The van der Waals surface area contributed by atoms with E-state index in [1.54, 1.807) is 19.2 Å². The van der Waals surface area contributed by atoms with Crippen molar-refractivity contribution in [3.8, 4) is 0 Å². The molecule has 1 heterocycles. The fraction of sp³-hybridized carbons (Fsp3) is 0.444. The van der Waals surface area contributed by atoms with Crippen LogP contribution in [-0.2, 0) is 20.0 Å². The van der Waals surface area contributed by atoms with Crippen LogP contribution >= 0.6 is 15.9 Å². The molecule has 0 atom stereocenters. The van der Waals surface area contributed by atoms with Gasteiger partial charge in [0.05, 0.1) is 23.4 Å². The zero-order valence-electron chi connectivity index (χ0n) is 10.5. The van der Waals surface area contributed by atoms with Crippen LogP contribution in [0.2, 0.25) is 0 Å². The van der Waals surface area contributed by atoms with Gasteiger partial charge in [0.15, 0.2) is 0 Å². The Labute approximate surface area is 121 Å². The molecule has 0 radical (unpaired) electrons. The Balaban J connectivity index is 0.000000459. The van der Waals surface area contributed by atoms with Gasteiger partial charge < -0.3 is 0 Å². The summed E-state index contributed by atoms with van der Waals surface area (Å²) in [6.45, 7) is 3.07. The standard InChI is InChI=1S/C7H9BrN2O2S.C2H7NO2S/c1-2-13(11,12)10-7-3-6(8)4-9-5-7;1-2-6(3,4)5/h3-5,10H,2H2,1H3;2H2,1H3,(H2,3,4,5). The van der Waals surface area contributed by atoms with E-state index >= 15 is 0 Å². The molecule has 0 aliphatic rings. The molecule has 0 aromatic carbocycles. The molecule has 3 N–H and O–H groups in total. The zero-order chi connectivity index (χ0) is 15.1. The summed E-state index contributed by atoms with van der Waals surface area (Å²) in [5.74, 6) is 0.0759. The Morgan fingerprint density at radius 2 is 1.74 bits per heavy atom. The molecule has 19 heavy (non-hydrogen) atoms. The van der Waals surface area contributed by atoms with E-state index < -0.39 is 20.0 Å². The fourth-order valence-corrected chi connectivity index (χ4v) is 1.70. The SMILES string of the molecule is CCS(=O)(=O)Nc1cncc(Br)c1.CCS(N)(=O)=O. The van der Waals surface area contributed by atoms with E-state index in [1.165, 1.54) is 13.1 Å². The van der Waals surface area contributed by atoms with Gasteiger partial charge >= 0.3 is 0 Å². The lowest BCUT2D eigenvalue weighted by Gasteiger charge is -2.04. The summed E-state index contributed by atoms with van der Waals surface area (Å²) in [5, 5.41) is 4.51. The third-order valence-corrected chi connectivity index (χ3v) is 4.31. The molecule has 0 fully saturated rings. The van der Waals surface area contributed by atoms with E-state index in [4.69, 9.17) is 0 Å². The minimum atomic E-state index is -3.20.